The predicted octanol–water partition coefficient (Wildman–Crippen LogP) is 3.36. The SMILES string of the molecule is CC(C(=O)Nc1ccc(C#N)c(Cl)c1)N1CCN(Cc2ccccc2)CC1. The first-order chi connectivity index (χ1) is 13.1. The molecule has 1 fully saturated rings. The number of nitriles is 1. The normalized spacial score (nSPS) is 16.5. The Labute approximate surface area is 165 Å². The van der Waals surface area contributed by atoms with E-state index in [4.69, 9.17) is 16.9 Å². The largest absolute Gasteiger partial charge is 0.325 e. The molecule has 1 N–H and O–H groups in total. The Morgan fingerprint density at radius 3 is 2.52 bits per heavy atom. The van der Waals surface area contributed by atoms with Crippen LogP contribution in [0.3, 0.4) is 0 Å². The highest BCUT2D eigenvalue weighted by molar-refractivity contribution is 6.32. The Bertz CT molecular complexity index is 826. The first-order valence-corrected chi connectivity index (χ1v) is 9.45. The zero-order valence-electron chi connectivity index (χ0n) is 15.4. The number of piperazine rings is 1. The lowest BCUT2D eigenvalue weighted by Crippen LogP contribution is -2.52. The highest BCUT2D eigenvalue weighted by Gasteiger charge is 2.25. The number of amides is 1. The van der Waals surface area contributed by atoms with Crippen molar-refractivity contribution >= 4 is 23.2 Å². The highest BCUT2D eigenvalue weighted by atomic mass is 35.5. The third-order valence-electron chi connectivity index (χ3n) is 4.94. The molecule has 0 spiro atoms. The van der Waals surface area contributed by atoms with Crippen LogP contribution in [0, 0.1) is 11.3 Å². The fraction of sp³-hybridized carbons (Fsp3) is 0.333. The van der Waals surface area contributed by atoms with E-state index in [0.717, 1.165) is 32.7 Å². The van der Waals surface area contributed by atoms with Crippen molar-refractivity contribution in [3.63, 3.8) is 0 Å². The van der Waals surface area contributed by atoms with Crippen molar-refractivity contribution in [2.45, 2.75) is 19.5 Å². The van der Waals surface area contributed by atoms with Gasteiger partial charge >= 0.3 is 0 Å². The van der Waals surface area contributed by atoms with Gasteiger partial charge in [0.25, 0.3) is 0 Å². The van der Waals surface area contributed by atoms with E-state index in [-0.39, 0.29) is 11.9 Å². The van der Waals surface area contributed by atoms with Crippen LogP contribution in [0.1, 0.15) is 18.1 Å². The van der Waals surface area contributed by atoms with Gasteiger partial charge in [-0.05, 0) is 30.7 Å². The van der Waals surface area contributed by atoms with Gasteiger partial charge in [-0.2, -0.15) is 5.26 Å². The minimum Gasteiger partial charge on any atom is -0.325 e. The van der Waals surface area contributed by atoms with Gasteiger partial charge in [-0.1, -0.05) is 41.9 Å². The Kier molecular flexibility index (Phi) is 6.46. The fourth-order valence-electron chi connectivity index (χ4n) is 3.25. The Balaban J connectivity index is 1.51. The first-order valence-electron chi connectivity index (χ1n) is 9.07. The standard InChI is InChI=1S/C21H23ClN4O/c1-16(21(27)24-19-8-7-18(14-23)20(22)13-19)26-11-9-25(10-12-26)15-17-5-3-2-4-6-17/h2-8,13,16H,9-12,15H2,1H3,(H,24,27). The van der Waals surface area contributed by atoms with E-state index in [9.17, 15) is 4.79 Å². The molecule has 140 valence electrons. The van der Waals surface area contributed by atoms with E-state index in [1.807, 2.05) is 19.1 Å². The van der Waals surface area contributed by atoms with Gasteiger partial charge in [0.2, 0.25) is 5.91 Å². The molecule has 0 aromatic heterocycles. The molecule has 6 heteroatoms. The topological polar surface area (TPSA) is 59.4 Å². The highest BCUT2D eigenvalue weighted by Crippen LogP contribution is 2.21. The van der Waals surface area contributed by atoms with Crippen LogP contribution in [-0.2, 0) is 11.3 Å². The number of rotatable bonds is 5. The van der Waals surface area contributed by atoms with E-state index in [0.29, 0.717) is 16.3 Å². The lowest BCUT2D eigenvalue weighted by atomic mass is 10.1. The van der Waals surface area contributed by atoms with Crippen molar-refractivity contribution in [2.75, 3.05) is 31.5 Å². The summed E-state index contributed by atoms with van der Waals surface area (Å²) >= 11 is 6.03. The number of hydrogen-bond donors (Lipinski definition) is 1. The summed E-state index contributed by atoms with van der Waals surface area (Å²) in [6.45, 7) is 6.46. The average molecular weight is 383 g/mol. The van der Waals surface area contributed by atoms with Gasteiger partial charge in [-0.15, -0.1) is 0 Å². The fourth-order valence-corrected chi connectivity index (χ4v) is 3.47. The number of carbonyl (C=O) groups is 1. The number of anilines is 1. The van der Waals surface area contributed by atoms with E-state index in [1.54, 1.807) is 18.2 Å². The third kappa shape index (κ3) is 5.08. The Morgan fingerprint density at radius 2 is 1.89 bits per heavy atom. The van der Waals surface area contributed by atoms with Crippen molar-refractivity contribution in [3.05, 3.63) is 64.7 Å². The molecule has 0 aliphatic carbocycles. The van der Waals surface area contributed by atoms with Crippen molar-refractivity contribution in [1.29, 1.82) is 5.26 Å². The number of halogens is 1. The Hall–Kier alpha value is -2.39. The van der Waals surface area contributed by atoms with E-state index in [2.05, 4.69) is 39.4 Å². The maximum Gasteiger partial charge on any atom is 0.241 e. The molecule has 1 aliphatic heterocycles. The van der Waals surface area contributed by atoms with Gasteiger partial charge < -0.3 is 5.32 Å². The summed E-state index contributed by atoms with van der Waals surface area (Å²) in [5.41, 5.74) is 2.32. The molecule has 0 saturated carbocycles. The monoisotopic (exact) mass is 382 g/mol. The molecule has 2 aromatic rings. The first kappa shape index (κ1) is 19.4. The summed E-state index contributed by atoms with van der Waals surface area (Å²) in [4.78, 5) is 17.2. The predicted molar refractivity (Wildman–Crippen MR) is 108 cm³/mol. The smallest absolute Gasteiger partial charge is 0.241 e. The van der Waals surface area contributed by atoms with E-state index < -0.39 is 0 Å². The van der Waals surface area contributed by atoms with Crippen LogP contribution in [0.25, 0.3) is 0 Å². The Morgan fingerprint density at radius 1 is 1.19 bits per heavy atom. The van der Waals surface area contributed by atoms with Crippen molar-refractivity contribution in [1.82, 2.24) is 9.80 Å². The summed E-state index contributed by atoms with van der Waals surface area (Å²) in [6.07, 6.45) is 0. The lowest BCUT2D eigenvalue weighted by molar-refractivity contribution is -0.121. The number of nitrogens with one attached hydrogen (secondary N) is 1. The van der Waals surface area contributed by atoms with Crippen LogP contribution in [0.5, 0.6) is 0 Å². The van der Waals surface area contributed by atoms with Gasteiger partial charge in [0.15, 0.2) is 0 Å². The van der Waals surface area contributed by atoms with Gasteiger partial charge in [0.05, 0.1) is 16.6 Å². The second-order valence-corrected chi connectivity index (χ2v) is 7.18. The van der Waals surface area contributed by atoms with Crippen molar-refractivity contribution < 1.29 is 4.79 Å². The number of nitrogens with zero attached hydrogens (tertiary/aromatic N) is 3. The van der Waals surface area contributed by atoms with Crippen LogP contribution in [0.4, 0.5) is 5.69 Å². The summed E-state index contributed by atoms with van der Waals surface area (Å²) < 4.78 is 0. The van der Waals surface area contributed by atoms with Crippen molar-refractivity contribution in [2.24, 2.45) is 0 Å². The van der Waals surface area contributed by atoms with Crippen LogP contribution in [-0.4, -0.2) is 47.9 Å². The molecule has 0 bridgehead atoms. The zero-order valence-corrected chi connectivity index (χ0v) is 16.1. The van der Waals surface area contributed by atoms with Gasteiger partial charge in [0, 0.05) is 38.4 Å². The molecular weight excluding hydrogens is 360 g/mol. The number of benzene rings is 2. The summed E-state index contributed by atoms with van der Waals surface area (Å²) in [6, 6.07) is 17.2. The summed E-state index contributed by atoms with van der Waals surface area (Å²) in [5.74, 6) is -0.0627. The second kappa shape index (κ2) is 9.01. The molecule has 1 aliphatic rings. The molecule has 1 saturated heterocycles. The van der Waals surface area contributed by atoms with Crippen LogP contribution in [0.15, 0.2) is 48.5 Å². The second-order valence-electron chi connectivity index (χ2n) is 6.77. The van der Waals surface area contributed by atoms with Crippen LogP contribution >= 0.6 is 11.6 Å². The molecule has 27 heavy (non-hydrogen) atoms. The van der Waals surface area contributed by atoms with Gasteiger partial charge in [0.1, 0.15) is 6.07 Å². The lowest BCUT2D eigenvalue weighted by Gasteiger charge is -2.37. The zero-order chi connectivity index (χ0) is 19.2. The maximum atomic E-state index is 12.6. The molecule has 5 nitrogen and oxygen atoms in total. The molecular formula is C21H23ClN4O. The molecule has 2 aromatic carbocycles. The van der Waals surface area contributed by atoms with Crippen LogP contribution < -0.4 is 5.32 Å². The number of hydrogen-bond acceptors (Lipinski definition) is 4. The molecule has 1 unspecified atom stereocenters. The molecule has 1 heterocycles. The van der Waals surface area contributed by atoms with Crippen molar-refractivity contribution in [3.8, 4) is 6.07 Å². The molecule has 1 amide bonds. The average Bonchev–Trinajstić information content (AvgIpc) is 2.69. The number of carbonyl (C=O) groups excluding carboxylic acids is 1. The van der Waals surface area contributed by atoms with E-state index in [1.165, 1.54) is 5.56 Å². The molecule has 0 radical (unpaired) electrons. The van der Waals surface area contributed by atoms with Crippen LogP contribution in [0.2, 0.25) is 5.02 Å². The van der Waals surface area contributed by atoms with E-state index >= 15 is 0 Å². The van der Waals surface area contributed by atoms with Gasteiger partial charge in [-0.25, -0.2) is 0 Å². The minimum atomic E-state index is -0.224. The minimum absolute atomic E-state index is 0.0627. The quantitative estimate of drug-likeness (QED) is 0.861. The third-order valence-corrected chi connectivity index (χ3v) is 5.25. The summed E-state index contributed by atoms with van der Waals surface area (Å²) in [5, 5.41) is 12.2. The molecule has 3 rings (SSSR count). The van der Waals surface area contributed by atoms with Gasteiger partial charge in [-0.3, -0.25) is 14.6 Å². The maximum absolute atomic E-state index is 12.6. The molecule has 1 atom stereocenters. The summed E-state index contributed by atoms with van der Waals surface area (Å²) in [7, 11) is 0.